The summed E-state index contributed by atoms with van der Waals surface area (Å²) in [7, 11) is 0. The van der Waals surface area contributed by atoms with Crippen molar-refractivity contribution in [1.29, 1.82) is 0 Å². The summed E-state index contributed by atoms with van der Waals surface area (Å²) in [5.41, 5.74) is 8.34. The highest BCUT2D eigenvalue weighted by molar-refractivity contribution is 5.53. The van der Waals surface area contributed by atoms with E-state index in [1.54, 1.807) is 0 Å². The fourth-order valence-electron chi connectivity index (χ4n) is 3.79. The first kappa shape index (κ1) is 17.2. The molecule has 0 unspecified atom stereocenters. The Hall–Kier alpha value is -2.22. The first-order valence-corrected chi connectivity index (χ1v) is 9.56. The second-order valence-electron chi connectivity index (χ2n) is 7.49. The number of nitrogen functional groups attached to an aromatic ring is 1. The normalized spacial score (nSPS) is 18.8. The number of aromatic nitrogens is 4. The molecule has 8 nitrogen and oxygen atoms in total. The highest BCUT2D eigenvalue weighted by Gasteiger charge is 2.28. The van der Waals surface area contributed by atoms with Gasteiger partial charge >= 0.3 is 0 Å². The van der Waals surface area contributed by atoms with Crippen LogP contribution in [0, 0.1) is 0 Å². The van der Waals surface area contributed by atoms with Gasteiger partial charge in [-0.25, -0.2) is 4.98 Å². The Morgan fingerprint density at radius 1 is 1.12 bits per heavy atom. The highest BCUT2D eigenvalue weighted by atomic mass is 16.5. The average molecular weight is 357 g/mol. The van der Waals surface area contributed by atoms with E-state index in [4.69, 9.17) is 10.3 Å². The lowest BCUT2D eigenvalue weighted by molar-refractivity contribution is 0.325. The van der Waals surface area contributed by atoms with Crippen LogP contribution in [-0.4, -0.2) is 46.3 Å². The summed E-state index contributed by atoms with van der Waals surface area (Å²) in [6.07, 6.45) is 3.82. The predicted octanol–water partition coefficient (Wildman–Crippen LogP) is 1.64. The molecule has 0 atom stereocenters. The third-order valence-electron chi connectivity index (χ3n) is 5.30. The molecule has 0 radical (unpaired) electrons. The molecule has 1 fully saturated rings. The molecule has 1 saturated heterocycles. The maximum absolute atomic E-state index is 5.99. The van der Waals surface area contributed by atoms with Crippen LogP contribution < -0.4 is 16.0 Å². The fourth-order valence-corrected chi connectivity index (χ4v) is 3.79. The van der Waals surface area contributed by atoms with Gasteiger partial charge in [-0.15, -0.1) is 0 Å². The van der Waals surface area contributed by atoms with Crippen molar-refractivity contribution in [2.75, 3.05) is 36.8 Å². The second kappa shape index (κ2) is 7.19. The SMILES string of the molecule is CC(C)c1noc(C2CCN(c3nc(N)nc4c3CCNCC4)CC2)n1. The fraction of sp³-hybridized carbons (Fsp3) is 0.667. The van der Waals surface area contributed by atoms with Crippen LogP contribution in [0.2, 0.25) is 0 Å². The van der Waals surface area contributed by atoms with Gasteiger partial charge < -0.3 is 20.5 Å². The number of hydrogen-bond donors (Lipinski definition) is 2. The minimum absolute atomic E-state index is 0.292. The number of anilines is 2. The molecule has 2 aliphatic heterocycles. The minimum Gasteiger partial charge on any atom is -0.368 e. The molecule has 2 aromatic heterocycles. The van der Waals surface area contributed by atoms with Crippen LogP contribution in [0.25, 0.3) is 0 Å². The number of fused-ring (bicyclic) bond motifs is 1. The van der Waals surface area contributed by atoms with Gasteiger partial charge in [-0.05, 0) is 25.8 Å². The van der Waals surface area contributed by atoms with Crippen LogP contribution in [0.15, 0.2) is 4.52 Å². The summed E-state index contributed by atoms with van der Waals surface area (Å²) in [6, 6.07) is 0. The van der Waals surface area contributed by atoms with Crippen LogP contribution in [-0.2, 0) is 12.8 Å². The first-order chi connectivity index (χ1) is 12.6. The van der Waals surface area contributed by atoms with Crippen LogP contribution in [0.4, 0.5) is 11.8 Å². The molecular weight excluding hydrogens is 330 g/mol. The Balaban J connectivity index is 1.50. The summed E-state index contributed by atoms with van der Waals surface area (Å²) < 4.78 is 5.50. The zero-order valence-electron chi connectivity index (χ0n) is 15.5. The van der Waals surface area contributed by atoms with E-state index in [1.807, 2.05) is 0 Å². The smallest absolute Gasteiger partial charge is 0.229 e. The van der Waals surface area contributed by atoms with Gasteiger partial charge in [-0.1, -0.05) is 19.0 Å². The van der Waals surface area contributed by atoms with Crippen LogP contribution in [0.3, 0.4) is 0 Å². The molecule has 0 aromatic carbocycles. The molecule has 4 rings (SSSR count). The molecule has 3 N–H and O–H groups in total. The van der Waals surface area contributed by atoms with Gasteiger partial charge in [-0.2, -0.15) is 9.97 Å². The number of rotatable bonds is 3. The van der Waals surface area contributed by atoms with Crippen molar-refractivity contribution in [1.82, 2.24) is 25.4 Å². The summed E-state index contributed by atoms with van der Waals surface area (Å²) >= 11 is 0. The average Bonchev–Trinajstić information content (AvgIpc) is 3.02. The lowest BCUT2D eigenvalue weighted by atomic mass is 9.96. The summed E-state index contributed by atoms with van der Waals surface area (Å²) in [5.74, 6) is 3.58. The van der Waals surface area contributed by atoms with E-state index in [1.165, 1.54) is 5.56 Å². The van der Waals surface area contributed by atoms with Gasteiger partial charge in [0.05, 0.1) is 5.69 Å². The van der Waals surface area contributed by atoms with Gasteiger partial charge in [0.1, 0.15) is 5.82 Å². The van der Waals surface area contributed by atoms with Gasteiger partial charge in [0.25, 0.3) is 0 Å². The molecule has 0 aliphatic carbocycles. The van der Waals surface area contributed by atoms with E-state index < -0.39 is 0 Å². The van der Waals surface area contributed by atoms with Crippen molar-refractivity contribution < 1.29 is 4.52 Å². The number of hydrogen-bond acceptors (Lipinski definition) is 8. The molecule has 26 heavy (non-hydrogen) atoms. The van der Waals surface area contributed by atoms with E-state index in [9.17, 15) is 0 Å². The van der Waals surface area contributed by atoms with Crippen LogP contribution in [0.5, 0.6) is 0 Å². The highest BCUT2D eigenvalue weighted by Crippen LogP contribution is 2.32. The van der Waals surface area contributed by atoms with E-state index in [2.05, 4.69) is 44.2 Å². The summed E-state index contributed by atoms with van der Waals surface area (Å²) in [6.45, 7) is 7.90. The zero-order chi connectivity index (χ0) is 18.1. The predicted molar refractivity (Wildman–Crippen MR) is 99.3 cm³/mol. The molecule has 0 saturated carbocycles. The monoisotopic (exact) mass is 357 g/mol. The van der Waals surface area contributed by atoms with E-state index in [0.29, 0.717) is 17.8 Å². The van der Waals surface area contributed by atoms with Crippen molar-refractivity contribution in [3.63, 3.8) is 0 Å². The van der Waals surface area contributed by atoms with Crippen LogP contribution >= 0.6 is 0 Å². The van der Waals surface area contributed by atoms with E-state index in [-0.39, 0.29) is 0 Å². The minimum atomic E-state index is 0.292. The second-order valence-corrected chi connectivity index (χ2v) is 7.49. The molecule has 8 heteroatoms. The lowest BCUT2D eigenvalue weighted by Gasteiger charge is -2.33. The van der Waals surface area contributed by atoms with Gasteiger partial charge in [0.15, 0.2) is 5.82 Å². The number of piperidine rings is 1. The molecule has 140 valence electrons. The van der Waals surface area contributed by atoms with Crippen molar-refractivity contribution in [3.05, 3.63) is 23.0 Å². The maximum Gasteiger partial charge on any atom is 0.229 e. The molecular formula is C18H27N7O. The first-order valence-electron chi connectivity index (χ1n) is 9.56. The van der Waals surface area contributed by atoms with Crippen molar-refractivity contribution in [3.8, 4) is 0 Å². The molecule has 0 spiro atoms. The maximum atomic E-state index is 5.99. The topological polar surface area (TPSA) is 106 Å². The van der Waals surface area contributed by atoms with E-state index >= 15 is 0 Å². The zero-order valence-corrected chi connectivity index (χ0v) is 15.5. The van der Waals surface area contributed by atoms with Crippen molar-refractivity contribution in [2.24, 2.45) is 0 Å². The number of nitrogens with one attached hydrogen (secondary N) is 1. The lowest BCUT2D eigenvalue weighted by Crippen LogP contribution is -2.35. The number of nitrogens with two attached hydrogens (primary N) is 1. The third-order valence-corrected chi connectivity index (χ3v) is 5.30. The van der Waals surface area contributed by atoms with Crippen molar-refractivity contribution >= 4 is 11.8 Å². The van der Waals surface area contributed by atoms with Gasteiger partial charge in [0, 0.05) is 43.5 Å². The molecule has 2 aromatic rings. The number of nitrogens with zero attached hydrogens (tertiary/aromatic N) is 5. The van der Waals surface area contributed by atoms with E-state index in [0.717, 1.165) is 75.1 Å². The Morgan fingerprint density at radius 2 is 1.88 bits per heavy atom. The largest absolute Gasteiger partial charge is 0.368 e. The summed E-state index contributed by atoms with van der Waals surface area (Å²) in [4.78, 5) is 16.0. The Kier molecular flexibility index (Phi) is 4.76. The third kappa shape index (κ3) is 3.38. The molecule has 0 bridgehead atoms. The Labute approximate surface area is 153 Å². The standard InChI is InChI=1S/C18H27N7O/c1-11(2)15-22-17(26-24-15)12-5-9-25(10-6-12)16-13-3-7-20-8-4-14(13)21-18(19)23-16/h11-12,20H,3-10H2,1-2H3,(H2,19,21,23). The summed E-state index contributed by atoms with van der Waals surface area (Å²) in [5, 5.41) is 7.53. The molecule has 2 aliphatic rings. The Morgan fingerprint density at radius 3 is 2.62 bits per heavy atom. The quantitative estimate of drug-likeness (QED) is 0.854. The molecule has 4 heterocycles. The van der Waals surface area contributed by atoms with Gasteiger partial charge in [0.2, 0.25) is 11.8 Å². The van der Waals surface area contributed by atoms with Gasteiger partial charge in [-0.3, -0.25) is 0 Å². The van der Waals surface area contributed by atoms with Crippen molar-refractivity contribution in [2.45, 2.75) is 51.4 Å². The Bertz CT molecular complexity index is 765. The molecule has 0 amide bonds. The van der Waals surface area contributed by atoms with Crippen LogP contribution in [0.1, 0.15) is 61.5 Å².